The molecule has 9 heteroatoms. The molecule has 2 aliphatic rings. The molecule has 1 spiro atoms. The van der Waals surface area contributed by atoms with Crippen molar-refractivity contribution in [2.45, 2.75) is 44.8 Å². The fourth-order valence-electron chi connectivity index (χ4n) is 4.76. The molecule has 2 heterocycles. The van der Waals surface area contributed by atoms with E-state index in [1.165, 1.54) is 12.1 Å². The van der Waals surface area contributed by atoms with Gasteiger partial charge in [-0.1, -0.05) is 23.1 Å². The van der Waals surface area contributed by atoms with Crippen LogP contribution in [0.15, 0.2) is 42.5 Å². The van der Waals surface area contributed by atoms with Gasteiger partial charge in [-0.15, -0.1) is 0 Å². The first-order valence-corrected chi connectivity index (χ1v) is 12.0. The molecule has 0 amide bonds. The number of anilines is 1. The lowest BCUT2D eigenvalue weighted by Crippen LogP contribution is -2.57. The van der Waals surface area contributed by atoms with E-state index in [2.05, 4.69) is 16.5 Å². The van der Waals surface area contributed by atoms with Gasteiger partial charge in [-0.3, -0.25) is 18.3 Å². The van der Waals surface area contributed by atoms with E-state index in [0.29, 0.717) is 44.0 Å². The minimum absolute atomic E-state index is 0.129. The van der Waals surface area contributed by atoms with E-state index in [9.17, 15) is 18.6 Å². The van der Waals surface area contributed by atoms with Crippen molar-refractivity contribution in [1.29, 1.82) is 0 Å². The zero-order chi connectivity index (χ0) is 22.2. The van der Waals surface area contributed by atoms with Crippen LogP contribution in [0.3, 0.4) is 0 Å². The summed E-state index contributed by atoms with van der Waals surface area (Å²) in [5, 5.41) is 9.95. The Hall–Kier alpha value is -2.04. The Morgan fingerprint density at radius 1 is 1.26 bits per heavy atom. The number of rotatable bonds is 5. The van der Waals surface area contributed by atoms with Crippen LogP contribution in [0.25, 0.3) is 0 Å². The van der Waals surface area contributed by atoms with Gasteiger partial charge in [-0.25, -0.2) is 4.39 Å². The molecule has 2 saturated heterocycles. The molecule has 0 aromatic heterocycles. The van der Waals surface area contributed by atoms with Gasteiger partial charge in [0.1, 0.15) is 5.82 Å². The topological polar surface area (TPSA) is 88.4 Å². The van der Waals surface area contributed by atoms with Crippen molar-refractivity contribution in [1.82, 2.24) is 9.62 Å². The lowest BCUT2D eigenvalue weighted by molar-refractivity contribution is 0.106. The van der Waals surface area contributed by atoms with Crippen LogP contribution in [0, 0.1) is 5.82 Å². The summed E-state index contributed by atoms with van der Waals surface area (Å²) in [6.07, 6.45) is 1.40. The first-order valence-electron chi connectivity index (χ1n) is 10.5. The summed E-state index contributed by atoms with van der Waals surface area (Å²) in [5.74, 6) is 0.203. The normalized spacial score (nSPS) is 26.9. The van der Waals surface area contributed by atoms with Crippen LogP contribution in [0.2, 0.25) is 0 Å². The molecule has 0 bridgehead atoms. The summed E-state index contributed by atoms with van der Waals surface area (Å²) in [5.41, 5.74) is 1.01. The number of phenolic OH excluding ortho intramolecular Hbond substituents is 1. The van der Waals surface area contributed by atoms with E-state index in [1.54, 1.807) is 22.5 Å². The molecule has 31 heavy (non-hydrogen) atoms. The maximum absolute atomic E-state index is 13.9. The molecular weight excluding hydrogens is 421 g/mol. The standard InChI is InChI=1S/C22H30FN3O4S/c1-3-30-21-11-17(7-8-20(21)27)14-25-10-9-22(13-16(25)2)15-24-31(28,29)26(22)19-6-4-5-18(23)12-19/h4-8,11-12,16,24,27-29H,3,9-10,13-15H2,1-2H3/t16-,22+/m0/s1. The molecule has 0 unspecified atom stereocenters. The van der Waals surface area contributed by atoms with Crippen molar-refractivity contribution in [2.24, 2.45) is 0 Å². The van der Waals surface area contributed by atoms with Gasteiger partial charge in [0.2, 0.25) is 0 Å². The number of hydrogen-bond acceptors (Lipinski definition) is 7. The molecule has 2 aromatic carbocycles. The van der Waals surface area contributed by atoms with Gasteiger partial charge in [0.15, 0.2) is 11.5 Å². The minimum atomic E-state index is -3.23. The van der Waals surface area contributed by atoms with E-state index in [-0.39, 0.29) is 11.8 Å². The highest BCUT2D eigenvalue weighted by molar-refractivity contribution is 8.24. The number of nitrogens with one attached hydrogen (secondary N) is 1. The van der Waals surface area contributed by atoms with Gasteiger partial charge in [0, 0.05) is 25.7 Å². The number of phenols is 1. The number of ether oxygens (including phenoxy) is 1. The number of benzene rings is 2. The highest BCUT2D eigenvalue weighted by atomic mass is 32.3. The van der Waals surface area contributed by atoms with Crippen LogP contribution in [0.1, 0.15) is 32.3 Å². The van der Waals surface area contributed by atoms with Crippen molar-refractivity contribution in [3.05, 3.63) is 53.8 Å². The summed E-state index contributed by atoms with van der Waals surface area (Å²) >= 11 is 0. The maximum atomic E-state index is 13.9. The maximum Gasteiger partial charge on any atom is 0.161 e. The molecule has 2 aromatic rings. The number of nitrogens with zero attached hydrogens (tertiary/aromatic N) is 2. The predicted octanol–water partition coefficient (Wildman–Crippen LogP) is 4.34. The van der Waals surface area contributed by atoms with Crippen LogP contribution in [-0.2, 0) is 6.54 Å². The predicted molar refractivity (Wildman–Crippen MR) is 121 cm³/mol. The van der Waals surface area contributed by atoms with Gasteiger partial charge < -0.3 is 9.84 Å². The molecule has 0 aliphatic carbocycles. The summed E-state index contributed by atoms with van der Waals surface area (Å²) in [7, 11) is -3.23. The van der Waals surface area contributed by atoms with Crippen molar-refractivity contribution in [3.63, 3.8) is 0 Å². The highest BCUT2D eigenvalue weighted by Gasteiger charge is 2.52. The third-order valence-corrected chi connectivity index (χ3v) is 7.83. The Balaban J connectivity index is 1.53. The molecule has 7 nitrogen and oxygen atoms in total. The molecule has 0 radical (unpaired) electrons. The number of likely N-dealkylation sites (tertiary alicyclic amines) is 1. The Bertz CT molecular complexity index is 947. The van der Waals surface area contributed by atoms with Gasteiger partial charge in [-0.05, 0) is 62.6 Å². The van der Waals surface area contributed by atoms with Crippen LogP contribution >= 0.6 is 11.0 Å². The quantitative estimate of drug-likeness (QED) is 0.538. The van der Waals surface area contributed by atoms with E-state index < -0.39 is 22.3 Å². The smallest absolute Gasteiger partial charge is 0.161 e. The monoisotopic (exact) mass is 451 g/mol. The van der Waals surface area contributed by atoms with Crippen LogP contribution in [0.5, 0.6) is 11.5 Å². The Kier molecular flexibility index (Phi) is 6.06. The zero-order valence-electron chi connectivity index (χ0n) is 17.8. The van der Waals surface area contributed by atoms with Gasteiger partial charge >= 0.3 is 0 Å². The number of piperidine rings is 1. The molecule has 4 rings (SSSR count). The Morgan fingerprint density at radius 2 is 2.06 bits per heavy atom. The van der Waals surface area contributed by atoms with Crippen molar-refractivity contribution in [3.8, 4) is 11.5 Å². The first-order chi connectivity index (χ1) is 14.7. The summed E-state index contributed by atoms with van der Waals surface area (Å²) in [6.45, 7) is 6.35. The van der Waals surface area contributed by atoms with Gasteiger partial charge in [0.25, 0.3) is 0 Å². The second-order valence-corrected chi connectivity index (χ2v) is 10.0. The molecule has 2 aliphatic heterocycles. The summed E-state index contributed by atoms with van der Waals surface area (Å²) in [6, 6.07) is 11.6. The zero-order valence-corrected chi connectivity index (χ0v) is 18.6. The fraction of sp³-hybridized carbons (Fsp3) is 0.455. The van der Waals surface area contributed by atoms with E-state index in [1.807, 2.05) is 19.1 Å². The largest absolute Gasteiger partial charge is 0.504 e. The Morgan fingerprint density at radius 3 is 2.77 bits per heavy atom. The number of aromatic hydroxyl groups is 1. The van der Waals surface area contributed by atoms with Crippen molar-refractivity contribution >= 4 is 16.6 Å². The second-order valence-electron chi connectivity index (χ2n) is 8.35. The van der Waals surface area contributed by atoms with Crippen molar-refractivity contribution in [2.75, 3.05) is 24.0 Å². The molecule has 0 saturated carbocycles. The molecule has 4 N–H and O–H groups in total. The average Bonchev–Trinajstić information content (AvgIpc) is 2.97. The van der Waals surface area contributed by atoms with Gasteiger partial charge in [0.05, 0.1) is 17.8 Å². The van der Waals surface area contributed by atoms with Crippen LogP contribution < -0.4 is 13.8 Å². The lowest BCUT2D eigenvalue weighted by Gasteiger charge is -2.51. The van der Waals surface area contributed by atoms with Crippen molar-refractivity contribution < 1.29 is 23.3 Å². The average molecular weight is 452 g/mol. The minimum Gasteiger partial charge on any atom is -0.504 e. The van der Waals surface area contributed by atoms with Crippen LogP contribution in [-0.4, -0.2) is 50.4 Å². The van der Waals surface area contributed by atoms with E-state index in [0.717, 1.165) is 12.1 Å². The third-order valence-electron chi connectivity index (χ3n) is 6.20. The fourth-order valence-corrected chi connectivity index (χ4v) is 6.53. The number of halogens is 1. The molecule has 2 fully saturated rings. The second kappa shape index (κ2) is 8.48. The molecule has 2 atom stereocenters. The molecular formula is C22H30FN3O4S. The lowest BCUT2D eigenvalue weighted by atomic mass is 9.83. The SMILES string of the molecule is CCOc1cc(CN2CC[C@]3(CNS(O)(O)N3c3cccc(F)c3)C[C@@H]2C)ccc1O. The van der Waals surface area contributed by atoms with Crippen LogP contribution in [0.4, 0.5) is 10.1 Å². The Labute approximate surface area is 184 Å². The summed E-state index contributed by atoms with van der Waals surface area (Å²) in [4.78, 5) is 2.33. The van der Waals surface area contributed by atoms with Gasteiger partial charge in [-0.2, -0.15) is 4.72 Å². The summed E-state index contributed by atoms with van der Waals surface area (Å²) < 4.78 is 45.2. The molecule has 170 valence electrons. The third kappa shape index (κ3) is 4.33. The first kappa shape index (κ1) is 22.2. The van der Waals surface area contributed by atoms with E-state index in [4.69, 9.17) is 4.74 Å². The van der Waals surface area contributed by atoms with E-state index >= 15 is 0 Å². The highest BCUT2D eigenvalue weighted by Crippen LogP contribution is 2.55. The number of hydrogen-bond donors (Lipinski definition) is 4.